The molecule has 2 fully saturated rings. The first-order chi connectivity index (χ1) is 24.4. The fraction of sp³-hybridized carbons (Fsp3) is 0.667. The van der Waals surface area contributed by atoms with Crippen molar-refractivity contribution in [3.63, 3.8) is 0 Å². The van der Waals surface area contributed by atoms with Crippen molar-refractivity contribution >= 4 is 11.8 Å². The van der Waals surface area contributed by atoms with E-state index in [2.05, 4.69) is 88.0 Å². The molecule has 2 aliphatic heterocycles. The van der Waals surface area contributed by atoms with Crippen molar-refractivity contribution in [1.82, 2.24) is 20.4 Å². The van der Waals surface area contributed by atoms with E-state index in [0.29, 0.717) is 55.4 Å². The number of rotatable bonds is 20. The largest absolute Gasteiger partial charge is 0.494 e. The summed E-state index contributed by atoms with van der Waals surface area (Å²) in [5.74, 6) is 3.05. The fourth-order valence-corrected chi connectivity index (χ4v) is 6.11. The van der Waals surface area contributed by atoms with Gasteiger partial charge in [0, 0.05) is 63.0 Å². The number of halogens is 1. The van der Waals surface area contributed by atoms with Gasteiger partial charge in [-0.1, -0.05) is 73.6 Å². The van der Waals surface area contributed by atoms with Crippen molar-refractivity contribution in [3.05, 3.63) is 59.4 Å². The lowest BCUT2D eigenvalue weighted by Crippen LogP contribution is -2.54. The number of nitrogens with zero attached hydrogens (tertiary/aromatic N) is 2. The van der Waals surface area contributed by atoms with E-state index in [1.807, 2.05) is 18.2 Å². The Bertz CT molecular complexity index is 1300. The molecule has 2 N–H and O–H groups in total. The van der Waals surface area contributed by atoms with Crippen LogP contribution < -0.4 is 20.1 Å². The van der Waals surface area contributed by atoms with Crippen molar-refractivity contribution in [2.45, 2.75) is 119 Å². The number of hydrogen-bond acceptors (Lipinski definition) is 6. The van der Waals surface area contributed by atoms with Gasteiger partial charge in [-0.15, -0.1) is 0 Å². The molecule has 0 bridgehead atoms. The molecule has 0 unspecified atom stereocenters. The third-order valence-corrected chi connectivity index (χ3v) is 10.00. The van der Waals surface area contributed by atoms with Crippen LogP contribution >= 0.6 is 0 Å². The average Bonchev–Trinajstić information content (AvgIpc) is 3.06. The SMILES string of the molecule is CCC(CC)NC(=O)C1CN(Cc2ccc(OCCC(C)C)cc2)C1.CCC(CC)NC(=O)C1CN(Cc2ccc(OCCC(C)C)cc2F)C1. The molecule has 0 radical (unpaired) electrons. The van der Waals surface area contributed by atoms with E-state index >= 15 is 0 Å². The van der Waals surface area contributed by atoms with E-state index < -0.39 is 0 Å². The lowest BCUT2D eigenvalue weighted by Gasteiger charge is -2.38. The Kier molecular flexibility index (Phi) is 18.2. The first-order valence-corrected chi connectivity index (χ1v) is 19.6. The van der Waals surface area contributed by atoms with Crippen molar-refractivity contribution in [2.24, 2.45) is 23.7 Å². The van der Waals surface area contributed by atoms with Gasteiger partial charge in [0.05, 0.1) is 25.0 Å². The van der Waals surface area contributed by atoms with E-state index in [9.17, 15) is 14.0 Å². The van der Waals surface area contributed by atoms with Crippen molar-refractivity contribution < 1.29 is 23.5 Å². The summed E-state index contributed by atoms with van der Waals surface area (Å²) in [6, 6.07) is 14.0. The Morgan fingerprint density at radius 3 is 1.55 bits per heavy atom. The minimum atomic E-state index is -0.239. The number of amides is 2. The first-order valence-electron chi connectivity index (χ1n) is 19.6. The number of ether oxygens (including phenoxy) is 2. The molecule has 2 aromatic rings. The Labute approximate surface area is 308 Å². The molecule has 0 atom stereocenters. The van der Waals surface area contributed by atoms with Crippen LogP contribution in [0.5, 0.6) is 11.5 Å². The standard InChI is InChI=1S/C21H33FN2O2.C21H34N2O2/c1-5-18(6-2)23-21(25)17-13-24(14-17)12-16-7-8-19(11-20(16)22)26-10-9-15(3)4;1-5-19(6-2)22-21(24)18-14-23(15-18)13-17-7-9-20(10-8-17)25-12-11-16(3)4/h7-8,11,15,17-18H,5-6,9-10,12-14H2,1-4H3,(H,23,25);7-10,16,18-19H,5-6,11-15H2,1-4H3,(H,22,24). The fourth-order valence-electron chi connectivity index (χ4n) is 6.11. The van der Waals surface area contributed by atoms with Gasteiger partial charge in [0.25, 0.3) is 0 Å². The molecule has 0 aliphatic carbocycles. The van der Waals surface area contributed by atoms with E-state index in [1.54, 1.807) is 6.07 Å². The number of carbonyl (C=O) groups is 2. The van der Waals surface area contributed by atoms with Crippen LogP contribution in [0, 0.1) is 29.5 Å². The summed E-state index contributed by atoms with van der Waals surface area (Å²) < 4.78 is 25.6. The van der Waals surface area contributed by atoms with Crippen LogP contribution in [-0.2, 0) is 22.7 Å². The summed E-state index contributed by atoms with van der Waals surface area (Å²) in [5, 5.41) is 6.25. The lowest BCUT2D eigenvalue weighted by atomic mass is 9.97. The van der Waals surface area contributed by atoms with Crippen molar-refractivity contribution in [1.29, 1.82) is 0 Å². The van der Waals surface area contributed by atoms with Gasteiger partial charge in [-0.3, -0.25) is 19.4 Å². The molecule has 0 spiro atoms. The molecular weight excluding hydrogens is 643 g/mol. The number of carbonyl (C=O) groups excluding carboxylic acids is 2. The number of nitrogens with one attached hydrogen (secondary N) is 2. The van der Waals surface area contributed by atoms with Gasteiger partial charge in [0.2, 0.25) is 11.8 Å². The summed E-state index contributed by atoms with van der Waals surface area (Å²) in [5.41, 5.74) is 1.93. The van der Waals surface area contributed by atoms with E-state index in [1.165, 1.54) is 11.6 Å². The topological polar surface area (TPSA) is 83.1 Å². The third-order valence-electron chi connectivity index (χ3n) is 10.00. The maximum atomic E-state index is 14.3. The van der Waals surface area contributed by atoms with Crippen LogP contribution in [0.15, 0.2) is 42.5 Å². The zero-order valence-electron chi connectivity index (χ0n) is 32.8. The molecular formula is C42H67FN4O4. The van der Waals surface area contributed by atoms with Gasteiger partial charge >= 0.3 is 0 Å². The highest BCUT2D eigenvalue weighted by atomic mass is 19.1. The molecule has 2 saturated heterocycles. The third kappa shape index (κ3) is 14.8. The molecule has 286 valence electrons. The number of benzene rings is 2. The summed E-state index contributed by atoms with van der Waals surface area (Å²) in [6.45, 7) is 23.0. The zero-order chi connectivity index (χ0) is 37.3. The van der Waals surface area contributed by atoms with Crippen molar-refractivity contribution in [2.75, 3.05) is 39.4 Å². The summed E-state index contributed by atoms with van der Waals surface area (Å²) in [4.78, 5) is 28.8. The van der Waals surface area contributed by atoms with Crippen molar-refractivity contribution in [3.8, 4) is 11.5 Å². The van der Waals surface area contributed by atoms with Gasteiger partial charge < -0.3 is 20.1 Å². The van der Waals surface area contributed by atoms with E-state index in [0.717, 1.165) is 70.5 Å². The minimum absolute atomic E-state index is 0.0253. The van der Waals surface area contributed by atoms with Gasteiger partial charge in [-0.2, -0.15) is 0 Å². The summed E-state index contributed by atoms with van der Waals surface area (Å²) in [7, 11) is 0. The number of hydrogen-bond donors (Lipinski definition) is 2. The van der Waals surface area contributed by atoms with Gasteiger partial charge in [0.15, 0.2) is 0 Å². The molecule has 8 nitrogen and oxygen atoms in total. The zero-order valence-corrected chi connectivity index (χ0v) is 32.8. The molecule has 0 aromatic heterocycles. The normalized spacial score (nSPS) is 15.4. The predicted octanol–water partition coefficient (Wildman–Crippen LogP) is 7.84. The number of likely N-dealkylation sites (tertiary alicyclic amines) is 2. The quantitative estimate of drug-likeness (QED) is 0.146. The Morgan fingerprint density at radius 1 is 0.686 bits per heavy atom. The summed E-state index contributed by atoms with van der Waals surface area (Å²) in [6.07, 6.45) is 5.95. The van der Waals surface area contributed by atoms with Crippen LogP contribution in [0.4, 0.5) is 4.39 Å². The molecule has 9 heteroatoms. The molecule has 51 heavy (non-hydrogen) atoms. The molecule has 0 saturated carbocycles. The smallest absolute Gasteiger partial charge is 0.225 e. The van der Waals surface area contributed by atoms with Crippen LogP contribution in [0.1, 0.15) is 105 Å². The average molecular weight is 711 g/mol. The van der Waals surface area contributed by atoms with Crippen LogP contribution in [-0.4, -0.2) is 73.1 Å². The second-order valence-corrected chi connectivity index (χ2v) is 15.3. The monoisotopic (exact) mass is 711 g/mol. The second-order valence-electron chi connectivity index (χ2n) is 15.3. The summed E-state index contributed by atoms with van der Waals surface area (Å²) >= 11 is 0. The molecule has 2 heterocycles. The first kappa shape index (κ1) is 42.2. The molecule has 2 amide bonds. The van der Waals surface area contributed by atoms with Crippen LogP contribution in [0.2, 0.25) is 0 Å². The highest BCUT2D eigenvalue weighted by Gasteiger charge is 2.34. The van der Waals surface area contributed by atoms with E-state index in [4.69, 9.17) is 9.47 Å². The van der Waals surface area contributed by atoms with Gasteiger partial charge in [-0.25, -0.2) is 4.39 Å². The highest BCUT2D eigenvalue weighted by Crippen LogP contribution is 2.24. The van der Waals surface area contributed by atoms with Gasteiger partial charge in [-0.05, 0) is 74.1 Å². The molecule has 2 aliphatic rings. The Hall–Kier alpha value is -3.17. The molecule has 4 rings (SSSR count). The maximum absolute atomic E-state index is 14.3. The lowest BCUT2D eigenvalue weighted by molar-refractivity contribution is -0.132. The Balaban J connectivity index is 0.000000276. The van der Waals surface area contributed by atoms with Gasteiger partial charge in [0.1, 0.15) is 17.3 Å². The molecule has 2 aromatic carbocycles. The van der Waals surface area contributed by atoms with E-state index in [-0.39, 0.29) is 35.5 Å². The predicted molar refractivity (Wildman–Crippen MR) is 205 cm³/mol. The highest BCUT2D eigenvalue weighted by molar-refractivity contribution is 5.80. The minimum Gasteiger partial charge on any atom is -0.494 e. The Morgan fingerprint density at radius 2 is 1.12 bits per heavy atom. The maximum Gasteiger partial charge on any atom is 0.225 e. The second kappa shape index (κ2) is 22.0. The van der Waals surface area contributed by atoms with Crippen LogP contribution in [0.3, 0.4) is 0 Å². The van der Waals surface area contributed by atoms with Crippen LogP contribution in [0.25, 0.3) is 0 Å².